The van der Waals surface area contributed by atoms with Gasteiger partial charge in [-0.3, -0.25) is 0 Å². The number of nitrogens with one attached hydrogen (secondary N) is 1. The summed E-state index contributed by atoms with van der Waals surface area (Å²) in [6.07, 6.45) is 6.45. The zero-order chi connectivity index (χ0) is 12.6. The lowest BCUT2D eigenvalue weighted by Crippen LogP contribution is -2.35. The number of aromatic nitrogens is 2. The fourth-order valence-electron chi connectivity index (χ4n) is 3.03. The summed E-state index contributed by atoms with van der Waals surface area (Å²) in [4.78, 5) is 9.31. The maximum absolute atomic E-state index is 5.83. The van der Waals surface area contributed by atoms with Gasteiger partial charge in [0, 0.05) is 32.0 Å². The van der Waals surface area contributed by atoms with E-state index in [0.29, 0.717) is 0 Å². The smallest absolute Gasteiger partial charge is 0.160 e. The highest BCUT2D eigenvalue weighted by atomic mass is 16.5. The van der Waals surface area contributed by atoms with Gasteiger partial charge in [0.2, 0.25) is 0 Å². The van der Waals surface area contributed by atoms with Gasteiger partial charge in [-0.25, -0.2) is 9.97 Å². The highest BCUT2D eigenvalue weighted by Gasteiger charge is 2.39. The molecular weight excluding hydrogens is 226 g/mol. The lowest BCUT2D eigenvalue weighted by molar-refractivity contribution is -0.0598. The molecule has 98 valence electrons. The maximum atomic E-state index is 5.83. The molecule has 4 heteroatoms. The number of methoxy groups -OCH3 is 1. The van der Waals surface area contributed by atoms with Crippen molar-refractivity contribution in [2.45, 2.75) is 51.3 Å². The molecule has 0 atom stereocenters. The maximum Gasteiger partial charge on any atom is 0.160 e. The highest BCUT2D eigenvalue weighted by Crippen LogP contribution is 2.40. The molecule has 1 N–H and O–H groups in total. The van der Waals surface area contributed by atoms with Crippen LogP contribution in [0.2, 0.25) is 0 Å². The predicted molar refractivity (Wildman–Crippen MR) is 68.9 cm³/mol. The molecular formula is C14H21N3O. The van der Waals surface area contributed by atoms with Gasteiger partial charge in [-0.2, -0.15) is 0 Å². The Morgan fingerprint density at radius 2 is 2.11 bits per heavy atom. The molecule has 1 saturated carbocycles. The summed E-state index contributed by atoms with van der Waals surface area (Å²) in [6.45, 7) is 4.07. The third-order valence-electron chi connectivity index (χ3n) is 4.44. The van der Waals surface area contributed by atoms with Crippen LogP contribution in [0.5, 0.6) is 0 Å². The summed E-state index contributed by atoms with van der Waals surface area (Å²) >= 11 is 0. The molecule has 0 unspecified atom stereocenters. The number of hydrogen-bond acceptors (Lipinski definition) is 4. The van der Waals surface area contributed by atoms with Crippen LogP contribution < -0.4 is 5.32 Å². The summed E-state index contributed by atoms with van der Waals surface area (Å²) in [5, 5.41) is 3.31. The van der Waals surface area contributed by atoms with E-state index in [1.54, 1.807) is 7.11 Å². The first kappa shape index (κ1) is 12.1. The van der Waals surface area contributed by atoms with Crippen molar-refractivity contribution >= 4 is 0 Å². The van der Waals surface area contributed by atoms with Gasteiger partial charge < -0.3 is 10.1 Å². The van der Waals surface area contributed by atoms with Gasteiger partial charge >= 0.3 is 0 Å². The van der Waals surface area contributed by atoms with Crippen LogP contribution in [0.3, 0.4) is 0 Å². The van der Waals surface area contributed by atoms with Crippen LogP contribution >= 0.6 is 0 Å². The van der Waals surface area contributed by atoms with E-state index in [0.717, 1.165) is 43.4 Å². The molecule has 0 aromatic carbocycles. The Hall–Kier alpha value is -1.00. The first-order valence-electron chi connectivity index (χ1n) is 6.85. The summed E-state index contributed by atoms with van der Waals surface area (Å²) < 4.78 is 5.83. The molecule has 1 fully saturated rings. The molecule has 2 heterocycles. The van der Waals surface area contributed by atoms with Gasteiger partial charge in [-0.05, 0) is 31.6 Å². The van der Waals surface area contributed by atoms with E-state index in [1.807, 2.05) is 6.20 Å². The summed E-state index contributed by atoms with van der Waals surface area (Å²) in [5.74, 6) is 1.68. The standard InChI is InChI=1S/C14H21N3O/c1-10-3-5-14(18-2,6-4-10)13-16-8-11-7-15-9-12(11)17-13/h8,10,15H,3-7,9H2,1-2H3. The minimum absolute atomic E-state index is 0.246. The molecule has 0 saturated heterocycles. The monoisotopic (exact) mass is 247 g/mol. The predicted octanol–water partition coefficient (Wildman–Crippen LogP) is 2.13. The number of fused-ring (bicyclic) bond motifs is 1. The van der Waals surface area contributed by atoms with Crippen LogP contribution in [0.25, 0.3) is 0 Å². The quantitative estimate of drug-likeness (QED) is 0.869. The highest BCUT2D eigenvalue weighted by molar-refractivity contribution is 5.23. The van der Waals surface area contributed by atoms with Gasteiger partial charge in [0.1, 0.15) is 5.60 Å². The van der Waals surface area contributed by atoms with Crippen LogP contribution in [-0.4, -0.2) is 17.1 Å². The van der Waals surface area contributed by atoms with Crippen LogP contribution in [0.4, 0.5) is 0 Å². The Morgan fingerprint density at radius 1 is 1.33 bits per heavy atom. The van der Waals surface area contributed by atoms with E-state index in [-0.39, 0.29) is 5.60 Å². The Morgan fingerprint density at radius 3 is 2.83 bits per heavy atom. The fraction of sp³-hybridized carbons (Fsp3) is 0.714. The molecule has 1 aromatic heterocycles. The van der Waals surface area contributed by atoms with Crippen LogP contribution in [0.15, 0.2) is 6.20 Å². The third kappa shape index (κ3) is 1.93. The summed E-state index contributed by atoms with van der Waals surface area (Å²) in [6, 6.07) is 0. The fourth-order valence-corrected chi connectivity index (χ4v) is 3.03. The van der Waals surface area contributed by atoms with Crippen molar-refractivity contribution in [2.24, 2.45) is 5.92 Å². The average Bonchev–Trinajstić information content (AvgIpc) is 2.87. The molecule has 4 nitrogen and oxygen atoms in total. The molecule has 2 aliphatic rings. The van der Waals surface area contributed by atoms with Crippen molar-refractivity contribution in [3.63, 3.8) is 0 Å². The second-order valence-corrected chi connectivity index (χ2v) is 5.65. The molecule has 1 aliphatic carbocycles. The van der Waals surface area contributed by atoms with E-state index >= 15 is 0 Å². The molecule has 1 aliphatic heterocycles. The lowest BCUT2D eigenvalue weighted by Gasteiger charge is -2.37. The van der Waals surface area contributed by atoms with Crippen molar-refractivity contribution in [1.29, 1.82) is 0 Å². The Balaban J connectivity index is 1.92. The number of ether oxygens (including phenoxy) is 1. The van der Waals surface area contributed by atoms with Gasteiger partial charge in [0.25, 0.3) is 0 Å². The largest absolute Gasteiger partial charge is 0.370 e. The molecule has 0 amide bonds. The van der Waals surface area contributed by atoms with Crippen molar-refractivity contribution in [3.8, 4) is 0 Å². The van der Waals surface area contributed by atoms with Crippen LogP contribution in [0, 0.1) is 5.92 Å². The van der Waals surface area contributed by atoms with E-state index in [1.165, 1.54) is 18.4 Å². The van der Waals surface area contributed by atoms with E-state index < -0.39 is 0 Å². The first-order valence-corrected chi connectivity index (χ1v) is 6.85. The van der Waals surface area contributed by atoms with Crippen molar-refractivity contribution in [1.82, 2.24) is 15.3 Å². The van der Waals surface area contributed by atoms with Crippen LogP contribution in [-0.2, 0) is 23.4 Å². The number of nitrogens with zero attached hydrogens (tertiary/aromatic N) is 2. The lowest BCUT2D eigenvalue weighted by atomic mass is 9.79. The van der Waals surface area contributed by atoms with Crippen molar-refractivity contribution in [3.05, 3.63) is 23.3 Å². The molecule has 3 rings (SSSR count). The minimum Gasteiger partial charge on any atom is -0.370 e. The van der Waals surface area contributed by atoms with Gasteiger partial charge in [0.05, 0.1) is 5.69 Å². The second kappa shape index (κ2) is 4.59. The van der Waals surface area contributed by atoms with Gasteiger partial charge in [-0.15, -0.1) is 0 Å². The molecule has 0 radical (unpaired) electrons. The summed E-state index contributed by atoms with van der Waals surface area (Å²) in [5.41, 5.74) is 2.13. The minimum atomic E-state index is -0.246. The van der Waals surface area contributed by atoms with E-state index in [9.17, 15) is 0 Å². The SMILES string of the molecule is COC1(c2ncc3c(n2)CNC3)CCC(C)CC1. The molecule has 1 aromatic rings. The van der Waals surface area contributed by atoms with Gasteiger partial charge in [0.15, 0.2) is 5.82 Å². The molecule has 0 spiro atoms. The second-order valence-electron chi connectivity index (χ2n) is 5.65. The van der Waals surface area contributed by atoms with Crippen LogP contribution in [0.1, 0.15) is 49.7 Å². The third-order valence-corrected chi connectivity index (χ3v) is 4.44. The van der Waals surface area contributed by atoms with Gasteiger partial charge in [-0.1, -0.05) is 6.92 Å². The summed E-state index contributed by atoms with van der Waals surface area (Å²) in [7, 11) is 1.80. The van der Waals surface area contributed by atoms with Crippen molar-refractivity contribution < 1.29 is 4.74 Å². The topological polar surface area (TPSA) is 47.0 Å². The average molecular weight is 247 g/mol. The van der Waals surface area contributed by atoms with Crippen molar-refractivity contribution in [2.75, 3.05) is 7.11 Å². The Kier molecular flexibility index (Phi) is 3.08. The van der Waals surface area contributed by atoms with E-state index in [2.05, 4.69) is 17.2 Å². The first-order chi connectivity index (χ1) is 8.73. The number of hydrogen-bond donors (Lipinski definition) is 1. The molecule has 0 bridgehead atoms. The zero-order valence-electron chi connectivity index (χ0n) is 11.2. The Labute approximate surface area is 108 Å². The zero-order valence-corrected chi connectivity index (χ0v) is 11.2. The normalized spacial score (nSPS) is 31.3. The molecule has 18 heavy (non-hydrogen) atoms. The number of rotatable bonds is 2. The van der Waals surface area contributed by atoms with E-state index in [4.69, 9.17) is 9.72 Å². The Bertz CT molecular complexity index is 439.